The number of amides is 1. The van der Waals surface area contributed by atoms with Gasteiger partial charge in [0.25, 0.3) is 0 Å². The van der Waals surface area contributed by atoms with Crippen molar-refractivity contribution in [3.05, 3.63) is 0 Å². The van der Waals surface area contributed by atoms with Crippen LogP contribution in [0.3, 0.4) is 0 Å². The van der Waals surface area contributed by atoms with Crippen molar-refractivity contribution in [2.45, 2.75) is 81.8 Å². The number of hydrazine groups is 1. The van der Waals surface area contributed by atoms with Crippen LogP contribution in [0.4, 0.5) is 0 Å². The molecule has 0 spiro atoms. The van der Waals surface area contributed by atoms with E-state index in [-0.39, 0.29) is 48.3 Å². The van der Waals surface area contributed by atoms with Gasteiger partial charge in [-0.1, -0.05) is 0 Å². The molecule has 4 aliphatic rings. The van der Waals surface area contributed by atoms with Crippen LogP contribution >= 0.6 is 0 Å². The predicted octanol–water partition coefficient (Wildman–Crippen LogP) is 0.823. The fourth-order valence-corrected chi connectivity index (χ4v) is 9.68. The lowest BCUT2D eigenvalue weighted by Crippen LogP contribution is -2.55. The van der Waals surface area contributed by atoms with Crippen molar-refractivity contribution in [2.24, 2.45) is 17.8 Å². The fraction of sp³-hybridized carbons (Fsp3) is 0.926. The Kier molecular flexibility index (Phi) is 11.6. The summed E-state index contributed by atoms with van der Waals surface area (Å²) < 4.78 is 47.2. The van der Waals surface area contributed by atoms with Gasteiger partial charge >= 0.3 is 5.97 Å². The van der Waals surface area contributed by atoms with Crippen molar-refractivity contribution >= 4 is 21.9 Å². The predicted molar refractivity (Wildman–Crippen MR) is 148 cm³/mol. The van der Waals surface area contributed by atoms with Gasteiger partial charge < -0.3 is 24.6 Å². The number of aliphatic carboxylic acids is 1. The highest BCUT2D eigenvalue weighted by Crippen LogP contribution is 2.44. The lowest BCUT2D eigenvalue weighted by Gasteiger charge is -2.47. The minimum atomic E-state index is -3.53. The third-order valence-corrected chi connectivity index (χ3v) is 11.7. The number of rotatable bonds is 13. The van der Waals surface area contributed by atoms with Gasteiger partial charge in [-0.3, -0.25) is 15.0 Å². The highest BCUT2D eigenvalue weighted by molar-refractivity contribution is 7.89. The standard InChI is InChI=1S/C27H48N4O8S/c1-19(32)28-9-13-38-14-15-39-22-7-10-30(11-8-22)40(35,36)25-5-3-4-24(37-2)27(25)20-6-12-31-23(16-20)21(18-29-31)17-26(33)34/h20-25,27,29H,3-18H2,1-2H3,(H,28,32)(H,33,34). The number of carbonyl (C=O) groups is 2. The molecule has 1 saturated carbocycles. The summed E-state index contributed by atoms with van der Waals surface area (Å²) in [5.74, 6) is -0.763. The first-order valence-corrected chi connectivity index (χ1v) is 16.4. The molecular weight excluding hydrogens is 540 g/mol. The number of nitrogens with one attached hydrogen (secondary N) is 2. The SMILES string of the molecule is COC1CCCC(S(=O)(=O)N2CCC(OCCOCCNC(C)=O)CC2)C1C1CCN2NCC(CC(=O)O)C2C1. The lowest BCUT2D eigenvalue weighted by molar-refractivity contribution is -0.138. The zero-order chi connectivity index (χ0) is 28.7. The molecule has 12 nitrogen and oxygen atoms in total. The number of sulfonamides is 1. The van der Waals surface area contributed by atoms with Gasteiger partial charge in [0.05, 0.1) is 43.7 Å². The van der Waals surface area contributed by atoms with E-state index in [9.17, 15) is 23.1 Å². The summed E-state index contributed by atoms with van der Waals surface area (Å²) >= 11 is 0. The molecule has 1 aliphatic carbocycles. The van der Waals surface area contributed by atoms with E-state index in [0.717, 1.165) is 32.2 Å². The number of carboxylic acid groups (broad SMARTS) is 1. The van der Waals surface area contributed by atoms with E-state index in [2.05, 4.69) is 15.8 Å². The van der Waals surface area contributed by atoms with Crippen LogP contribution in [0, 0.1) is 17.8 Å². The van der Waals surface area contributed by atoms with Gasteiger partial charge in [-0.25, -0.2) is 17.7 Å². The second-order valence-corrected chi connectivity index (χ2v) is 13.8. The summed E-state index contributed by atoms with van der Waals surface area (Å²) in [6.07, 6.45) is 5.32. The van der Waals surface area contributed by atoms with Crippen LogP contribution < -0.4 is 10.7 Å². The van der Waals surface area contributed by atoms with E-state index >= 15 is 0 Å². The number of ether oxygens (including phenoxy) is 3. The highest BCUT2D eigenvalue weighted by atomic mass is 32.2. The number of carboxylic acids is 1. The van der Waals surface area contributed by atoms with Crippen molar-refractivity contribution in [3.8, 4) is 0 Å². The first-order valence-electron chi connectivity index (χ1n) is 14.9. The Morgan fingerprint density at radius 2 is 1.82 bits per heavy atom. The van der Waals surface area contributed by atoms with Gasteiger partial charge in [0, 0.05) is 64.6 Å². The maximum absolute atomic E-state index is 14.1. The van der Waals surface area contributed by atoms with Crippen molar-refractivity contribution in [1.82, 2.24) is 20.1 Å². The largest absolute Gasteiger partial charge is 0.481 e. The third-order valence-electron chi connectivity index (χ3n) is 9.25. The summed E-state index contributed by atoms with van der Waals surface area (Å²) in [6, 6.07) is 0.111. The van der Waals surface area contributed by atoms with E-state index in [1.54, 1.807) is 11.4 Å². The van der Waals surface area contributed by atoms with Gasteiger partial charge in [-0.2, -0.15) is 0 Å². The molecule has 40 heavy (non-hydrogen) atoms. The number of carbonyl (C=O) groups excluding carboxylic acids is 1. The Morgan fingerprint density at radius 3 is 2.52 bits per heavy atom. The summed E-state index contributed by atoms with van der Waals surface area (Å²) in [4.78, 5) is 22.3. The Bertz CT molecular complexity index is 945. The first-order chi connectivity index (χ1) is 19.2. The maximum Gasteiger partial charge on any atom is 0.303 e. The summed E-state index contributed by atoms with van der Waals surface area (Å²) in [5, 5.41) is 13.8. The minimum Gasteiger partial charge on any atom is -0.481 e. The normalized spacial score (nSPS) is 32.5. The molecule has 0 aromatic rings. The molecule has 0 radical (unpaired) electrons. The van der Waals surface area contributed by atoms with Crippen LogP contribution in [0.15, 0.2) is 0 Å². The molecule has 0 bridgehead atoms. The number of hydrogen-bond donors (Lipinski definition) is 3. The van der Waals surface area contributed by atoms with Crippen molar-refractivity contribution in [3.63, 3.8) is 0 Å². The van der Waals surface area contributed by atoms with Gasteiger partial charge in [0.2, 0.25) is 15.9 Å². The molecule has 3 heterocycles. The van der Waals surface area contributed by atoms with E-state index in [1.165, 1.54) is 6.92 Å². The van der Waals surface area contributed by atoms with E-state index in [1.807, 2.05) is 0 Å². The molecule has 3 N–H and O–H groups in total. The number of hydrogen-bond acceptors (Lipinski definition) is 9. The van der Waals surface area contributed by atoms with Crippen LogP contribution in [0.1, 0.15) is 58.3 Å². The molecule has 4 rings (SSSR count). The molecule has 3 aliphatic heterocycles. The van der Waals surface area contributed by atoms with Crippen LogP contribution in [0.2, 0.25) is 0 Å². The van der Waals surface area contributed by atoms with E-state index < -0.39 is 21.2 Å². The molecule has 13 heteroatoms. The third kappa shape index (κ3) is 7.93. The number of methoxy groups -OCH3 is 1. The molecule has 1 amide bonds. The van der Waals surface area contributed by atoms with Gasteiger partial charge in [0.1, 0.15) is 0 Å². The van der Waals surface area contributed by atoms with Gasteiger partial charge in [-0.15, -0.1) is 0 Å². The Balaban J connectivity index is 1.32. The van der Waals surface area contributed by atoms with Gasteiger partial charge in [-0.05, 0) is 50.9 Å². The first kappa shape index (κ1) is 31.6. The Morgan fingerprint density at radius 1 is 1.05 bits per heavy atom. The Labute approximate surface area is 238 Å². The molecule has 0 aromatic carbocycles. The van der Waals surface area contributed by atoms with Crippen LogP contribution in [0.5, 0.6) is 0 Å². The van der Waals surface area contributed by atoms with Gasteiger partial charge in [0.15, 0.2) is 0 Å². The van der Waals surface area contributed by atoms with E-state index in [0.29, 0.717) is 65.3 Å². The van der Waals surface area contributed by atoms with Crippen molar-refractivity contribution in [1.29, 1.82) is 0 Å². The molecular formula is C27H48N4O8S. The fourth-order valence-electron chi connectivity index (χ4n) is 7.32. The summed E-state index contributed by atoms with van der Waals surface area (Å²) in [7, 11) is -1.84. The monoisotopic (exact) mass is 588 g/mol. The number of nitrogens with zero attached hydrogens (tertiary/aromatic N) is 2. The number of fused-ring (bicyclic) bond motifs is 1. The zero-order valence-corrected chi connectivity index (χ0v) is 24.8. The minimum absolute atomic E-state index is 0.00429. The Hall–Kier alpha value is -1.35. The highest BCUT2D eigenvalue weighted by Gasteiger charge is 2.50. The average Bonchev–Trinajstić information content (AvgIpc) is 3.33. The number of piperidine rings is 2. The van der Waals surface area contributed by atoms with Crippen LogP contribution in [0.25, 0.3) is 0 Å². The summed E-state index contributed by atoms with van der Waals surface area (Å²) in [5.41, 5.74) is 3.37. The average molecular weight is 589 g/mol. The second kappa shape index (κ2) is 14.7. The van der Waals surface area contributed by atoms with Crippen molar-refractivity contribution < 1.29 is 37.3 Å². The maximum atomic E-state index is 14.1. The van der Waals surface area contributed by atoms with Crippen LogP contribution in [-0.2, 0) is 33.8 Å². The molecule has 4 fully saturated rings. The second-order valence-electron chi connectivity index (χ2n) is 11.7. The van der Waals surface area contributed by atoms with E-state index in [4.69, 9.17) is 14.2 Å². The molecule has 6 unspecified atom stereocenters. The lowest BCUT2D eigenvalue weighted by atomic mass is 9.71. The molecule has 0 aromatic heterocycles. The quantitative estimate of drug-likeness (QED) is 0.264. The zero-order valence-electron chi connectivity index (χ0n) is 24.0. The van der Waals surface area contributed by atoms with Crippen LogP contribution in [-0.4, -0.2) is 118 Å². The molecule has 3 saturated heterocycles. The molecule has 6 atom stereocenters. The molecule has 230 valence electrons. The van der Waals surface area contributed by atoms with Crippen molar-refractivity contribution in [2.75, 3.05) is 59.7 Å². The summed E-state index contributed by atoms with van der Waals surface area (Å²) in [6.45, 7) is 5.59. The smallest absolute Gasteiger partial charge is 0.303 e. The topological polar surface area (TPSA) is 147 Å².